The van der Waals surface area contributed by atoms with Crippen LogP contribution in [0.2, 0.25) is 10.0 Å². The summed E-state index contributed by atoms with van der Waals surface area (Å²) >= 11 is 11.8. The van der Waals surface area contributed by atoms with Crippen LogP contribution in [-0.4, -0.2) is 44.4 Å². The van der Waals surface area contributed by atoms with Crippen LogP contribution in [0.15, 0.2) is 18.2 Å². The van der Waals surface area contributed by atoms with Gasteiger partial charge in [0.25, 0.3) is 0 Å². The Morgan fingerprint density at radius 2 is 1.79 bits per heavy atom. The van der Waals surface area contributed by atoms with Crippen LogP contribution in [-0.2, 0) is 4.74 Å². The lowest BCUT2D eigenvalue weighted by molar-refractivity contribution is 0.0819. The molecule has 0 spiro atoms. The zero-order chi connectivity index (χ0) is 14.1. The van der Waals surface area contributed by atoms with E-state index in [1.807, 2.05) is 0 Å². The fourth-order valence-corrected chi connectivity index (χ4v) is 2.10. The third kappa shape index (κ3) is 6.48. The fourth-order valence-electron chi connectivity index (χ4n) is 1.64. The Hall–Kier alpha value is -0.480. The molecule has 1 aromatic carbocycles. The first-order chi connectivity index (χ1) is 9.17. The molecule has 5 heteroatoms. The molecule has 0 aliphatic rings. The van der Waals surface area contributed by atoms with Crippen LogP contribution in [0.1, 0.15) is 13.8 Å². The molecule has 0 radical (unpaired) electrons. The van der Waals surface area contributed by atoms with Gasteiger partial charge in [-0.25, -0.2) is 0 Å². The lowest BCUT2D eigenvalue weighted by Crippen LogP contribution is -2.27. The maximum absolute atomic E-state index is 5.99. The molecule has 0 amide bonds. The van der Waals surface area contributed by atoms with Gasteiger partial charge in [0.15, 0.2) is 0 Å². The summed E-state index contributed by atoms with van der Waals surface area (Å²) in [6, 6.07) is 5.18. The average Bonchev–Trinajstić information content (AvgIpc) is 2.40. The van der Waals surface area contributed by atoms with E-state index >= 15 is 0 Å². The average molecular weight is 306 g/mol. The molecule has 0 saturated heterocycles. The molecule has 0 aliphatic heterocycles. The van der Waals surface area contributed by atoms with E-state index in [2.05, 4.69) is 18.7 Å². The van der Waals surface area contributed by atoms with Crippen LogP contribution in [0.25, 0.3) is 0 Å². The van der Waals surface area contributed by atoms with Gasteiger partial charge in [-0.3, -0.25) is 0 Å². The standard InChI is InChI=1S/C14H21Cl2NO2/c1-3-17(4-2)7-8-18-9-10-19-14-6-5-12(15)11-13(14)16/h5-6,11H,3-4,7-10H2,1-2H3. The first-order valence-electron chi connectivity index (χ1n) is 6.55. The second kappa shape index (κ2) is 9.43. The molecule has 0 unspecified atom stereocenters. The third-order valence-electron chi connectivity index (χ3n) is 2.83. The van der Waals surface area contributed by atoms with E-state index in [1.165, 1.54) is 0 Å². The second-order valence-corrected chi connectivity index (χ2v) is 4.91. The minimum absolute atomic E-state index is 0.486. The van der Waals surface area contributed by atoms with Crippen molar-refractivity contribution in [2.24, 2.45) is 0 Å². The molecule has 0 atom stereocenters. The van der Waals surface area contributed by atoms with Crippen molar-refractivity contribution in [3.8, 4) is 5.75 Å². The summed E-state index contributed by atoms with van der Waals surface area (Å²) in [6.07, 6.45) is 0. The minimum Gasteiger partial charge on any atom is -0.490 e. The number of likely N-dealkylation sites (N-methyl/N-ethyl adjacent to an activating group) is 1. The number of rotatable bonds is 9. The number of benzene rings is 1. The molecular weight excluding hydrogens is 285 g/mol. The van der Waals surface area contributed by atoms with Crippen molar-refractivity contribution in [1.82, 2.24) is 4.90 Å². The first kappa shape index (κ1) is 16.6. The van der Waals surface area contributed by atoms with Gasteiger partial charge in [-0.05, 0) is 31.3 Å². The molecule has 0 heterocycles. The Labute approximate surface area is 125 Å². The van der Waals surface area contributed by atoms with E-state index in [9.17, 15) is 0 Å². The van der Waals surface area contributed by atoms with Gasteiger partial charge in [0, 0.05) is 11.6 Å². The lowest BCUT2D eigenvalue weighted by atomic mass is 10.3. The summed E-state index contributed by atoms with van der Waals surface area (Å²) in [5.41, 5.74) is 0. The van der Waals surface area contributed by atoms with Crippen LogP contribution in [0.5, 0.6) is 5.75 Å². The normalized spacial score (nSPS) is 11.0. The van der Waals surface area contributed by atoms with Crippen LogP contribution in [0.3, 0.4) is 0 Å². The van der Waals surface area contributed by atoms with Gasteiger partial charge >= 0.3 is 0 Å². The third-order valence-corrected chi connectivity index (χ3v) is 3.36. The van der Waals surface area contributed by atoms with Crippen LogP contribution in [0.4, 0.5) is 0 Å². The van der Waals surface area contributed by atoms with Gasteiger partial charge < -0.3 is 14.4 Å². The quantitative estimate of drug-likeness (QED) is 0.649. The van der Waals surface area contributed by atoms with Crippen LogP contribution < -0.4 is 4.74 Å². The highest BCUT2D eigenvalue weighted by Gasteiger charge is 2.02. The van der Waals surface area contributed by atoms with Crippen molar-refractivity contribution in [2.45, 2.75) is 13.8 Å². The SMILES string of the molecule is CCN(CC)CCOCCOc1ccc(Cl)cc1Cl. The predicted molar refractivity (Wildman–Crippen MR) is 80.6 cm³/mol. The molecule has 3 nitrogen and oxygen atoms in total. The monoisotopic (exact) mass is 305 g/mol. The number of hydrogen-bond donors (Lipinski definition) is 0. The van der Waals surface area contributed by atoms with Crippen molar-refractivity contribution in [3.05, 3.63) is 28.2 Å². The van der Waals surface area contributed by atoms with Crippen molar-refractivity contribution in [1.29, 1.82) is 0 Å². The largest absolute Gasteiger partial charge is 0.490 e. The van der Waals surface area contributed by atoms with Crippen molar-refractivity contribution < 1.29 is 9.47 Å². The molecule has 0 fully saturated rings. The topological polar surface area (TPSA) is 21.7 Å². The Morgan fingerprint density at radius 3 is 2.42 bits per heavy atom. The number of nitrogens with zero attached hydrogens (tertiary/aromatic N) is 1. The molecule has 1 aromatic rings. The van der Waals surface area contributed by atoms with Gasteiger partial charge in [0.1, 0.15) is 12.4 Å². The molecule has 0 aromatic heterocycles. The van der Waals surface area contributed by atoms with Gasteiger partial charge in [0.05, 0.1) is 18.2 Å². The van der Waals surface area contributed by atoms with E-state index in [1.54, 1.807) is 18.2 Å². The van der Waals surface area contributed by atoms with Crippen molar-refractivity contribution in [2.75, 3.05) is 39.5 Å². The van der Waals surface area contributed by atoms with E-state index in [0.29, 0.717) is 29.0 Å². The molecule has 1 rings (SSSR count). The highest BCUT2D eigenvalue weighted by atomic mass is 35.5. The summed E-state index contributed by atoms with van der Waals surface area (Å²) in [4.78, 5) is 2.32. The molecule has 19 heavy (non-hydrogen) atoms. The van der Waals surface area contributed by atoms with E-state index in [-0.39, 0.29) is 0 Å². The van der Waals surface area contributed by atoms with Crippen LogP contribution >= 0.6 is 23.2 Å². The summed E-state index contributed by atoms with van der Waals surface area (Å²) in [5, 5.41) is 1.13. The van der Waals surface area contributed by atoms with E-state index in [0.717, 1.165) is 26.2 Å². The zero-order valence-electron chi connectivity index (χ0n) is 11.5. The summed E-state index contributed by atoms with van der Waals surface area (Å²) < 4.78 is 11.0. The predicted octanol–water partition coefficient (Wildman–Crippen LogP) is 3.73. The van der Waals surface area contributed by atoms with Crippen LogP contribution in [0, 0.1) is 0 Å². The molecule has 0 bridgehead atoms. The molecule has 0 saturated carbocycles. The molecule has 108 valence electrons. The van der Waals surface area contributed by atoms with E-state index in [4.69, 9.17) is 32.7 Å². The number of hydrogen-bond acceptors (Lipinski definition) is 3. The Kier molecular flexibility index (Phi) is 8.22. The highest BCUT2D eigenvalue weighted by molar-refractivity contribution is 6.35. The zero-order valence-corrected chi connectivity index (χ0v) is 13.0. The maximum Gasteiger partial charge on any atom is 0.138 e. The summed E-state index contributed by atoms with van der Waals surface area (Å²) in [7, 11) is 0. The second-order valence-electron chi connectivity index (χ2n) is 4.06. The van der Waals surface area contributed by atoms with Gasteiger partial charge in [0.2, 0.25) is 0 Å². The van der Waals surface area contributed by atoms with E-state index < -0.39 is 0 Å². The minimum atomic E-state index is 0.486. The Balaban J connectivity index is 2.14. The lowest BCUT2D eigenvalue weighted by Gasteiger charge is -2.17. The Morgan fingerprint density at radius 1 is 1.05 bits per heavy atom. The molecule has 0 N–H and O–H groups in total. The first-order valence-corrected chi connectivity index (χ1v) is 7.30. The number of halogens is 2. The van der Waals surface area contributed by atoms with Crippen molar-refractivity contribution in [3.63, 3.8) is 0 Å². The van der Waals surface area contributed by atoms with Crippen molar-refractivity contribution >= 4 is 23.2 Å². The smallest absolute Gasteiger partial charge is 0.138 e. The highest BCUT2D eigenvalue weighted by Crippen LogP contribution is 2.27. The fraction of sp³-hybridized carbons (Fsp3) is 0.571. The Bertz CT molecular complexity index is 370. The molecular formula is C14H21Cl2NO2. The maximum atomic E-state index is 5.99. The van der Waals surface area contributed by atoms with Gasteiger partial charge in [-0.15, -0.1) is 0 Å². The van der Waals surface area contributed by atoms with Gasteiger partial charge in [-0.2, -0.15) is 0 Å². The molecule has 0 aliphatic carbocycles. The summed E-state index contributed by atoms with van der Waals surface area (Å²) in [6.45, 7) is 9.12. The van der Waals surface area contributed by atoms with Gasteiger partial charge in [-0.1, -0.05) is 37.0 Å². The summed E-state index contributed by atoms with van der Waals surface area (Å²) in [5.74, 6) is 0.637. The number of ether oxygens (including phenoxy) is 2.